The van der Waals surface area contributed by atoms with Crippen molar-refractivity contribution in [2.24, 2.45) is 5.92 Å². The summed E-state index contributed by atoms with van der Waals surface area (Å²) in [6.07, 6.45) is 0. The lowest BCUT2D eigenvalue weighted by Gasteiger charge is -2.46. The van der Waals surface area contributed by atoms with Gasteiger partial charge in [-0.1, -0.05) is 42.5 Å². The standard InChI is InChI=1S/C20H19NO3/c1-13(2)17-18(19(22)14-7-5-4-6-8-14)21(20(17)23)15-9-11-16(24-3)12-10-15/h4-12,17-18H,1H2,2-3H3/t17-,18-/m0/s1. The fourth-order valence-electron chi connectivity index (χ4n) is 3.04. The first-order valence-electron chi connectivity index (χ1n) is 7.76. The quantitative estimate of drug-likeness (QED) is 0.481. The summed E-state index contributed by atoms with van der Waals surface area (Å²) < 4.78 is 5.15. The minimum Gasteiger partial charge on any atom is -0.497 e. The van der Waals surface area contributed by atoms with Gasteiger partial charge in [0.1, 0.15) is 11.8 Å². The van der Waals surface area contributed by atoms with Gasteiger partial charge in [0.15, 0.2) is 5.78 Å². The number of methoxy groups -OCH3 is 1. The second kappa shape index (κ2) is 6.32. The van der Waals surface area contributed by atoms with E-state index in [2.05, 4.69) is 6.58 Å². The first-order valence-corrected chi connectivity index (χ1v) is 7.76. The van der Waals surface area contributed by atoms with Gasteiger partial charge in [-0.2, -0.15) is 0 Å². The summed E-state index contributed by atoms with van der Waals surface area (Å²) in [6, 6.07) is 15.6. The summed E-state index contributed by atoms with van der Waals surface area (Å²) in [5, 5.41) is 0. The zero-order valence-corrected chi connectivity index (χ0v) is 13.7. The van der Waals surface area contributed by atoms with Gasteiger partial charge in [-0.25, -0.2) is 0 Å². The van der Waals surface area contributed by atoms with Gasteiger partial charge < -0.3 is 4.74 Å². The number of carbonyl (C=O) groups excluding carboxylic acids is 2. The van der Waals surface area contributed by atoms with Crippen LogP contribution in [0.25, 0.3) is 0 Å². The number of anilines is 1. The molecule has 2 aromatic carbocycles. The Kier molecular flexibility index (Phi) is 4.21. The lowest BCUT2D eigenvalue weighted by atomic mass is 9.78. The van der Waals surface area contributed by atoms with Crippen molar-refractivity contribution in [3.8, 4) is 5.75 Å². The van der Waals surface area contributed by atoms with Gasteiger partial charge in [0.05, 0.1) is 13.0 Å². The number of Topliss-reactive ketones (excluding diaryl/α,β-unsaturated/α-hetero) is 1. The van der Waals surface area contributed by atoms with Crippen molar-refractivity contribution in [3.05, 3.63) is 72.3 Å². The SMILES string of the molecule is C=C(C)[C@@H]1C(=O)N(c2ccc(OC)cc2)[C@@H]1C(=O)c1ccccc1. The number of carbonyl (C=O) groups is 2. The molecule has 1 aliphatic heterocycles. The maximum atomic E-state index is 12.9. The van der Waals surface area contributed by atoms with Gasteiger partial charge in [0.2, 0.25) is 5.91 Å². The van der Waals surface area contributed by atoms with Crippen molar-refractivity contribution in [2.75, 3.05) is 12.0 Å². The molecule has 122 valence electrons. The Morgan fingerprint density at radius 3 is 2.25 bits per heavy atom. The number of hydrogen-bond acceptors (Lipinski definition) is 3. The highest BCUT2D eigenvalue weighted by Crippen LogP contribution is 2.38. The molecule has 1 fully saturated rings. The van der Waals surface area contributed by atoms with Crippen LogP contribution in [0.1, 0.15) is 17.3 Å². The summed E-state index contributed by atoms with van der Waals surface area (Å²) in [5.74, 6) is 0.0647. The Bertz CT molecular complexity index is 780. The van der Waals surface area contributed by atoms with Crippen LogP contribution in [0, 0.1) is 5.92 Å². The molecule has 2 atom stereocenters. The Morgan fingerprint density at radius 2 is 1.71 bits per heavy atom. The molecule has 0 bridgehead atoms. The molecular weight excluding hydrogens is 302 g/mol. The minimum absolute atomic E-state index is 0.0704. The molecule has 0 aliphatic carbocycles. The molecule has 4 heteroatoms. The van der Waals surface area contributed by atoms with Crippen molar-refractivity contribution in [3.63, 3.8) is 0 Å². The Hall–Kier alpha value is -2.88. The highest BCUT2D eigenvalue weighted by atomic mass is 16.5. The molecule has 0 radical (unpaired) electrons. The highest BCUT2D eigenvalue weighted by Gasteiger charge is 2.52. The number of hydrogen-bond donors (Lipinski definition) is 0. The first-order chi connectivity index (χ1) is 11.5. The molecule has 0 aromatic heterocycles. The largest absolute Gasteiger partial charge is 0.497 e. The zero-order valence-electron chi connectivity index (χ0n) is 13.7. The molecule has 1 heterocycles. The number of benzene rings is 2. The summed E-state index contributed by atoms with van der Waals surface area (Å²) >= 11 is 0. The molecular formula is C20H19NO3. The predicted octanol–water partition coefficient (Wildman–Crippen LogP) is 3.49. The number of ketones is 1. The molecule has 0 unspecified atom stereocenters. The van der Waals surface area contributed by atoms with Gasteiger partial charge in [-0.05, 0) is 31.2 Å². The molecule has 1 aliphatic rings. The number of β-lactam (4-membered cyclic amide) rings is 1. The molecule has 0 spiro atoms. The zero-order chi connectivity index (χ0) is 17.3. The molecule has 1 saturated heterocycles. The molecule has 2 aromatic rings. The monoisotopic (exact) mass is 321 g/mol. The van der Waals surface area contributed by atoms with Crippen LogP contribution in [0.3, 0.4) is 0 Å². The third-order valence-corrected chi connectivity index (χ3v) is 4.31. The van der Waals surface area contributed by atoms with Crippen molar-refractivity contribution >= 4 is 17.4 Å². The summed E-state index contributed by atoms with van der Waals surface area (Å²) in [4.78, 5) is 27.1. The second-order valence-electron chi connectivity index (χ2n) is 5.91. The molecule has 0 saturated carbocycles. The highest BCUT2D eigenvalue weighted by molar-refractivity contribution is 6.17. The van der Waals surface area contributed by atoms with Crippen LogP contribution in [0.15, 0.2) is 66.7 Å². The fraction of sp³-hybridized carbons (Fsp3) is 0.200. The van der Waals surface area contributed by atoms with E-state index in [1.54, 1.807) is 55.3 Å². The Labute approximate surface area is 141 Å². The second-order valence-corrected chi connectivity index (χ2v) is 5.91. The van der Waals surface area contributed by atoms with E-state index in [1.807, 2.05) is 18.2 Å². The third-order valence-electron chi connectivity index (χ3n) is 4.31. The van der Waals surface area contributed by atoms with Gasteiger partial charge in [0.25, 0.3) is 0 Å². The van der Waals surface area contributed by atoms with Gasteiger partial charge in [-0.3, -0.25) is 14.5 Å². The van der Waals surface area contributed by atoms with Crippen molar-refractivity contribution < 1.29 is 14.3 Å². The Balaban J connectivity index is 1.96. The molecule has 1 amide bonds. The van der Waals surface area contributed by atoms with E-state index in [-0.39, 0.29) is 11.7 Å². The van der Waals surface area contributed by atoms with Gasteiger partial charge in [-0.15, -0.1) is 0 Å². The molecule has 3 rings (SSSR count). The molecule has 0 N–H and O–H groups in total. The van der Waals surface area contributed by atoms with Crippen molar-refractivity contribution in [1.29, 1.82) is 0 Å². The van der Waals surface area contributed by atoms with E-state index in [4.69, 9.17) is 4.74 Å². The number of nitrogens with zero attached hydrogens (tertiary/aromatic N) is 1. The van der Waals surface area contributed by atoms with Gasteiger partial charge in [0, 0.05) is 11.3 Å². The lowest BCUT2D eigenvalue weighted by Crippen LogP contribution is -2.65. The van der Waals surface area contributed by atoms with E-state index in [0.717, 1.165) is 0 Å². The number of rotatable bonds is 5. The van der Waals surface area contributed by atoms with E-state index < -0.39 is 12.0 Å². The van der Waals surface area contributed by atoms with Crippen molar-refractivity contribution in [2.45, 2.75) is 13.0 Å². The lowest BCUT2D eigenvalue weighted by molar-refractivity contribution is -0.127. The van der Waals surface area contributed by atoms with Gasteiger partial charge >= 0.3 is 0 Å². The van der Waals surface area contributed by atoms with Crippen LogP contribution in [0.2, 0.25) is 0 Å². The predicted molar refractivity (Wildman–Crippen MR) is 93.3 cm³/mol. The first kappa shape index (κ1) is 16.0. The summed E-state index contributed by atoms with van der Waals surface area (Å²) in [5.41, 5.74) is 1.99. The average molecular weight is 321 g/mol. The number of amides is 1. The van der Waals surface area contributed by atoms with Crippen molar-refractivity contribution in [1.82, 2.24) is 0 Å². The smallest absolute Gasteiger partial charge is 0.237 e. The van der Waals surface area contributed by atoms with Crippen LogP contribution in [-0.4, -0.2) is 24.8 Å². The molecule has 24 heavy (non-hydrogen) atoms. The van der Waals surface area contributed by atoms with Crippen LogP contribution in [0.5, 0.6) is 5.75 Å². The van der Waals surface area contributed by atoms with E-state index >= 15 is 0 Å². The topological polar surface area (TPSA) is 46.6 Å². The molecule has 4 nitrogen and oxygen atoms in total. The summed E-state index contributed by atoms with van der Waals surface area (Å²) in [6.45, 7) is 5.68. The van der Waals surface area contributed by atoms with E-state index in [9.17, 15) is 9.59 Å². The maximum Gasteiger partial charge on any atom is 0.237 e. The summed E-state index contributed by atoms with van der Waals surface area (Å²) in [7, 11) is 1.59. The van der Waals surface area contributed by atoms with E-state index in [1.165, 1.54) is 0 Å². The van der Waals surface area contributed by atoms with E-state index in [0.29, 0.717) is 22.6 Å². The average Bonchev–Trinajstić information content (AvgIpc) is 2.60. The Morgan fingerprint density at radius 1 is 1.08 bits per heavy atom. The van der Waals surface area contributed by atoms with Crippen LogP contribution in [-0.2, 0) is 4.79 Å². The fourth-order valence-corrected chi connectivity index (χ4v) is 3.04. The van der Waals surface area contributed by atoms with Crippen LogP contribution < -0.4 is 9.64 Å². The minimum atomic E-state index is -0.550. The normalized spacial score (nSPS) is 19.6. The van der Waals surface area contributed by atoms with Crippen LogP contribution >= 0.6 is 0 Å². The number of ether oxygens (including phenoxy) is 1. The third kappa shape index (κ3) is 2.60. The maximum absolute atomic E-state index is 12.9. The van der Waals surface area contributed by atoms with Crippen LogP contribution in [0.4, 0.5) is 5.69 Å².